The molecule has 2 N–H and O–H groups in total. The van der Waals surface area contributed by atoms with Gasteiger partial charge < -0.3 is 10.1 Å². The van der Waals surface area contributed by atoms with Crippen molar-refractivity contribution >= 4 is 17.2 Å². The highest BCUT2D eigenvalue weighted by molar-refractivity contribution is 6.30. The third-order valence-corrected chi connectivity index (χ3v) is 3.51. The van der Waals surface area contributed by atoms with Crippen LogP contribution in [0.3, 0.4) is 0 Å². The lowest BCUT2D eigenvalue weighted by Crippen LogP contribution is -2.13. The van der Waals surface area contributed by atoms with Gasteiger partial charge in [0.2, 0.25) is 0 Å². The van der Waals surface area contributed by atoms with Crippen LogP contribution in [0.15, 0.2) is 12.3 Å². The average Bonchev–Trinajstić information content (AvgIpc) is 2.67. The summed E-state index contributed by atoms with van der Waals surface area (Å²) in [5.74, 6) is 0.655. The molecule has 0 spiro atoms. The molecular weight excluding hydrogens is 246 g/mol. The summed E-state index contributed by atoms with van der Waals surface area (Å²) in [6, 6.07) is 1.95. The molecule has 2 rings (SSSR count). The Labute approximate surface area is 113 Å². The second kappa shape index (κ2) is 4.90. The molecule has 2 aromatic heterocycles. The highest BCUT2D eigenvalue weighted by atomic mass is 35.5. The van der Waals surface area contributed by atoms with Crippen LogP contribution in [-0.4, -0.2) is 15.9 Å². The van der Waals surface area contributed by atoms with Gasteiger partial charge in [-0.3, -0.25) is 0 Å². The van der Waals surface area contributed by atoms with E-state index in [4.69, 9.17) is 22.3 Å². The summed E-state index contributed by atoms with van der Waals surface area (Å²) < 4.78 is 2.10. The first-order valence-electron chi connectivity index (χ1n) is 6.33. The van der Waals surface area contributed by atoms with E-state index in [9.17, 15) is 0 Å². The van der Waals surface area contributed by atoms with E-state index in [-0.39, 0.29) is 5.92 Å². The molecule has 0 fully saturated rings. The lowest BCUT2D eigenvalue weighted by Gasteiger charge is -2.13. The quantitative estimate of drug-likeness (QED) is 0.923. The van der Waals surface area contributed by atoms with Crippen LogP contribution < -0.4 is 5.73 Å². The fraction of sp³-hybridized carbons (Fsp3) is 0.500. The Morgan fingerprint density at radius 1 is 1.39 bits per heavy atom. The third-order valence-electron chi connectivity index (χ3n) is 3.30. The molecule has 0 aliphatic rings. The number of halogens is 1. The number of pyridine rings is 1. The minimum absolute atomic E-state index is 0.273. The third kappa shape index (κ3) is 2.13. The van der Waals surface area contributed by atoms with Crippen LogP contribution in [0.1, 0.15) is 49.6 Å². The van der Waals surface area contributed by atoms with E-state index in [2.05, 4.69) is 25.2 Å². The molecule has 0 aromatic carbocycles. The number of fused-ring (bicyclic) bond motifs is 1. The standard InChI is InChI=1S/C14H20ClN3/c1-8(2)12-13(10(4)6-16)18-7-11(15)5-9(3)14(18)17-12/h5,7-8,10H,6,16H2,1-4H3. The first-order chi connectivity index (χ1) is 8.45. The fourth-order valence-corrected chi connectivity index (χ4v) is 2.59. The van der Waals surface area contributed by atoms with Crippen molar-refractivity contribution in [2.24, 2.45) is 5.73 Å². The summed E-state index contributed by atoms with van der Waals surface area (Å²) in [6.45, 7) is 9.09. The largest absolute Gasteiger partial charge is 0.330 e. The second-order valence-electron chi connectivity index (χ2n) is 5.21. The van der Waals surface area contributed by atoms with Crippen LogP contribution in [0.4, 0.5) is 0 Å². The molecule has 2 heterocycles. The zero-order chi connectivity index (χ0) is 13.4. The summed E-state index contributed by atoms with van der Waals surface area (Å²) in [6.07, 6.45) is 1.93. The SMILES string of the molecule is Cc1cc(Cl)cn2c(C(C)CN)c(C(C)C)nc12. The Morgan fingerprint density at radius 3 is 2.61 bits per heavy atom. The Bertz CT molecular complexity index is 572. The van der Waals surface area contributed by atoms with E-state index >= 15 is 0 Å². The Balaban J connectivity index is 2.81. The number of imidazole rings is 1. The minimum atomic E-state index is 0.273. The van der Waals surface area contributed by atoms with Gasteiger partial charge in [-0.05, 0) is 24.5 Å². The molecular formula is C14H20ClN3. The number of nitrogens with zero attached hydrogens (tertiary/aromatic N) is 2. The van der Waals surface area contributed by atoms with Crippen LogP contribution in [0.5, 0.6) is 0 Å². The molecule has 0 saturated heterocycles. The van der Waals surface area contributed by atoms with Gasteiger partial charge in [0, 0.05) is 18.7 Å². The van der Waals surface area contributed by atoms with Crippen LogP contribution >= 0.6 is 11.6 Å². The van der Waals surface area contributed by atoms with Gasteiger partial charge in [-0.15, -0.1) is 0 Å². The Morgan fingerprint density at radius 2 is 2.06 bits per heavy atom. The van der Waals surface area contributed by atoms with Gasteiger partial charge in [-0.25, -0.2) is 4.98 Å². The molecule has 0 bridgehead atoms. The summed E-state index contributed by atoms with van der Waals surface area (Å²) in [7, 11) is 0. The zero-order valence-corrected chi connectivity index (χ0v) is 12.1. The van der Waals surface area contributed by atoms with Crippen LogP contribution in [-0.2, 0) is 0 Å². The smallest absolute Gasteiger partial charge is 0.140 e. The molecule has 98 valence electrons. The van der Waals surface area contributed by atoms with Crippen LogP contribution in [0, 0.1) is 6.92 Å². The number of hydrogen-bond acceptors (Lipinski definition) is 2. The summed E-state index contributed by atoms with van der Waals surface area (Å²) >= 11 is 6.15. The Hall–Kier alpha value is -1.06. The van der Waals surface area contributed by atoms with E-state index in [0.29, 0.717) is 12.5 Å². The first-order valence-corrected chi connectivity index (χ1v) is 6.71. The topological polar surface area (TPSA) is 43.3 Å². The number of aromatic nitrogens is 2. The van der Waals surface area contributed by atoms with Crippen molar-refractivity contribution in [1.29, 1.82) is 0 Å². The molecule has 0 saturated carbocycles. The predicted molar refractivity (Wildman–Crippen MR) is 76.5 cm³/mol. The van der Waals surface area contributed by atoms with Crippen molar-refractivity contribution in [1.82, 2.24) is 9.38 Å². The van der Waals surface area contributed by atoms with Gasteiger partial charge in [0.1, 0.15) is 5.65 Å². The molecule has 0 aliphatic carbocycles. The van der Waals surface area contributed by atoms with Crippen LogP contribution in [0.25, 0.3) is 5.65 Å². The zero-order valence-electron chi connectivity index (χ0n) is 11.4. The molecule has 2 aromatic rings. The maximum atomic E-state index is 6.15. The van der Waals surface area contributed by atoms with E-state index in [1.54, 1.807) is 0 Å². The molecule has 1 atom stereocenters. The lowest BCUT2D eigenvalue weighted by molar-refractivity contribution is 0.702. The van der Waals surface area contributed by atoms with E-state index in [0.717, 1.165) is 21.9 Å². The normalized spacial score (nSPS) is 13.5. The predicted octanol–water partition coefficient (Wildman–Crippen LogP) is 3.48. The molecule has 4 heteroatoms. The van der Waals surface area contributed by atoms with Gasteiger partial charge >= 0.3 is 0 Å². The second-order valence-corrected chi connectivity index (χ2v) is 5.65. The highest BCUT2D eigenvalue weighted by Gasteiger charge is 2.20. The minimum Gasteiger partial charge on any atom is -0.330 e. The van der Waals surface area contributed by atoms with Crippen molar-refractivity contribution in [3.8, 4) is 0 Å². The number of nitrogens with two attached hydrogens (primary N) is 1. The van der Waals surface area contributed by atoms with Crippen molar-refractivity contribution in [2.45, 2.75) is 39.5 Å². The molecule has 0 radical (unpaired) electrons. The van der Waals surface area contributed by atoms with E-state index in [1.165, 1.54) is 5.69 Å². The fourth-order valence-electron chi connectivity index (χ4n) is 2.33. The van der Waals surface area contributed by atoms with Gasteiger partial charge in [0.25, 0.3) is 0 Å². The average molecular weight is 266 g/mol. The van der Waals surface area contributed by atoms with E-state index in [1.807, 2.05) is 19.2 Å². The van der Waals surface area contributed by atoms with Gasteiger partial charge in [0.05, 0.1) is 16.4 Å². The van der Waals surface area contributed by atoms with Crippen molar-refractivity contribution in [2.75, 3.05) is 6.54 Å². The number of hydrogen-bond donors (Lipinski definition) is 1. The lowest BCUT2D eigenvalue weighted by atomic mass is 10.00. The van der Waals surface area contributed by atoms with Crippen LogP contribution in [0.2, 0.25) is 5.02 Å². The van der Waals surface area contributed by atoms with E-state index < -0.39 is 0 Å². The van der Waals surface area contributed by atoms with Gasteiger partial charge in [-0.2, -0.15) is 0 Å². The molecule has 18 heavy (non-hydrogen) atoms. The summed E-state index contributed by atoms with van der Waals surface area (Å²) in [5.41, 5.74) is 10.2. The molecule has 3 nitrogen and oxygen atoms in total. The maximum Gasteiger partial charge on any atom is 0.140 e. The van der Waals surface area contributed by atoms with Crippen molar-refractivity contribution < 1.29 is 0 Å². The van der Waals surface area contributed by atoms with Crippen molar-refractivity contribution in [3.05, 3.63) is 34.2 Å². The number of aryl methyl sites for hydroxylation is 1. The van der Waals surface area contributed by atoms with Crippen molar-refractivity contribution in [3.63, 3.8) is 0 Å². The number of rotatable bonds is 3. The molecule has 1 unspecified atom stereocenters. The summed E-state index contributed by atoms with van der Waals surface area (Å²) in [5, 5.41) is 0.734. The highest BCUT2D eigenvalue weighted by Crippen LogP contribution is 2.29. The Kier molecular flexibility index (Phi) is 3.64. The maximum absolute atomic E-state index is 6.15. The van der Waals surface area contributed by atoms with Gasteiger partial charge in [-0.1, -0.05) is 32.4 Å². The molecule has 0 aliphatic heterocycles. The first kappa shape index (κ1) is 13.4. The monoisotopic (exact) mass is 265 g/mol. The summed E-state index contributed by atoms with van der Waals surface area (Å²) in [4.78, 5) is 4.77. The molecule has 0 amide bonds. The van der Waals surface area contributed by atoms with Gasteiger partial charge in [0.15, 0.2) is 0 Å².